The highest BCUT2D eigenvalue weighted by molar-refractivity contribution is 5.91. The Morgan fingerprint density at radius 1 is 1.35 bits per heavy atom. The van der Waals surface area contributed by atoms with Gasteiger partial charge in [-0.05, 0) is 12.1 Å². The number of rotatable bonds is 5. The molecule has 2 aromatic rings. The monoisotopic (exact) mass is 273 g/mol. The molecule has 0 amide bonds. The highest BCUT2D eigenvalue weighted by Crippen LogP contribution is 2.18. The van der Waals surface area contributed by atoms with Crippen LogP contribution in [0.4, 0.5) is 0 Å². The lowest BCUT2D eigenvalue weighted by molar-refractivity contribution is -0.116. The van der Waals surface area contributed by atoms with Crippen molar-refractivity contribution in [3.63, 3.8) is 0 Å². The third-order valence-electron chi connectivity index (χ3n) is 2.57. The van der Waals surface area contributed by atoms with Gasteiger partial charge in [0.1, 0.15) is 0 Å². The van der Waals surface area contributed by atoms with Crippen LogP contribution in [0.25, 0.3) is 10.8 Å². The molecule has 0 fully saturated rings. The average Bonchev–Trinajstić information content (AvgIpc) is 2.45. The highest BCUT2D eigenvalue weighted by atomic mass is 16.5. The van der Waals surface area contributed by atoms with Crippen LogP contribution >= 0.6 is 0 Å². The van der Waals surface area contributed by atoms with Gasteiger partial charge in [-0.2, -0.15) is 0 Å². The zero-order chi connectivity index (χ0) is 14.5. The van der Waals surface area contributed by atoms with Crippen LogP contribution in [-0.4, -0.2) is 41.6 Å². The predicted molar refractivity (Wildman–Crippen MR) is 75.7 cm³/mol. The Balaban J connectivity index is 2.17. The first-order valence-electron chi connectivity index (χ1n) is 6.05. The minimum atomic E-state index is -0.285. The van der Waals surface area contributed by atoms with E-state index in [-0.39, 0.29) is 23.8 Å². The molecule has 0 atom stereocenters. The molecule has 0 spiro atoms. The SMILES string of the molecule is CN(C)/C=C/C(=O)COc1n[nH]c(=O)c2ccccc12. The maximum atomic E-state index is 11.6. The number of nitrogens with one attached hydrogen (secondary N) is 1. The lowest BCUT2D eigenvalue weighted by Crippen LogP contribution is -2.14. The molecule has 0 unspecified atom stereocenters. The zero-order valence-corrected chi connectivity index (χ0v) is 11.3. The van der Waals surface area contributed by atoms with Crippen molar-refractivity contribution in [2.45, 2.75) is 0 Å². The van der Waals surface area contributed by atoms with E-state index in [2.05, 4.69) is 10.2 Å². The molecule has 0 saturated heterocycles. The Bertz CT molecular complexity index is 704. The van der Waals surface area contributed by atoms with Gasteiger partial charge in [0.25, 0.3) is 5.56 Å². The summed E-state index contributed by atoms with van der Waals surface area (Å²) in [7, 11) is 3.64. The minimum Gasteiger partial charge on any atom is -0.468 e. The maximum Gasteiger partial charge on any atom is 0.272 e. The van der Waals surface area contributed by atoms with Gasteiger partial charge in [0.05, 0.1) is 10.8 Å². The molecule has 0 radical (unpaired) electrons. The molecule has 6 nitrogen and oxygen atoms in total. The van der Waals surface area contributed by atoms with Crippen molar-refractivity contribution < 1.29 is 9.53 Å². The van der Waals surface area contributed by atoms with Crippen molar-refractivity contribution in [3.05, 3.63) is 46.9 Å². The molecule has 0 aliphatic carbocycles. The van der Waals surface area contributed by atoms with E-state index in [9.17, 15) is 9.59 Å². The average molecular weight is 273 g/mol. The summed E-state index contributed by atoms with van der Waals surface area (Å²) >= 11 is 0. The number of ketones is 1. The molecular weight excluding hydrogens is 258 g/mol. The fourth-order valence-corrected chi connectivity index (χ4v) is 1.62. The second kappa shape index (κ2) is 6.01. The van der Waals surface area contributed by atoms with E-state index in [1.54, 1.807) is 35.4 Å². The lowest BCUT2D eigenvalue weighted by Gasteiger charge is -2.06. The molecule has 0 aliphatic rings. The molecule has 0 bridgehead atoms. The lowest BCUT2D eigenvalue weighted by atomic mass is 10.2. The molecule has 104 valence electrons. The van der Waals surface area contributed by atoms with Crippen LogP contribution in [0.5, 0.6) is 5.88 Å². The van der Waals surface area contributed by atoms with Crippen LogP contribution in [-0.2, 0) is 4.79 Å². The van der Waals surface area contributed by atoms with E-state index >= 15 is 0 Å². The quantitative estimate of drug-likeness (QED) is 0.821. The van der Waals surface area contributed by atoms with Crippen molar-refractivity contribution in [3.8, 4) is 5.88 Å². The molecule has 1 heterocycles. The van der Waals surface area contributed by atoms with Crippen LogP contribution < -0.4 is 10.3 Å². The van der Waals surface area contributed by atoms with Crippen molar-refractivity contribution in [1.82, 2.24) is 15.1 Å². The minimum absolute atomic E-state index is 0.132. The van der Waals surface area contributed by atoms with Crippen LogP contribution in [0, 0.1) is 0 Å². The summed E-state index contributed by atoms with van der Waals surface area (Å²) < 4.78 is 5.37. The van der Waals surface area contributed by atoms with Crippen molar-refractivity contribution in [2.24, 2.45) is 0 Å². The number of aromatic amines is 1. The topological polar surface area (TPSA) is 75.3 Å². The fraction of sp³-hybridized carbons (Fsp3) is 0.214. The van der Waals surface area contributed by atoms with E-state index in [1.807, 2.05) is 14.1 Å². The van der Waals surface area contributed by atoms with Gasteiger partial charge in [-0.3, -0.25) is 9.59 Å². The number of aromatic nitrogens is 2. The summed E-state index contributed by atoms with van der Waals surface area (Å²) in [6.07, 6.45) is 3.07. The highest BCUT2D eigenvalue weighted by Gasteiger charge is 2.08. The standard InChI is InChI=1S/C14H15N3O3/c1-17(2)8-7-10(18)9-20-14-12-6-4-3-5-11(12)13(19)15-16-14/h3-8H,9H2,1-2H3,(H,15,19)/b8-7+. The van der Waals surface area contributed by atoms with Gasteiger partial charge >= 0.3 is 0 Å². The first-order valence-corrected chi connectivity index (χ1v) is 6.05. The van der Waals surface area contributed by atoms with Crippen molar-refractivity contribution >= 4 is 16.6 Å². The summed E-state index contributed by atoms with van der Waals surface area (Å²) in [5.41, 5.74) is -0.285. The maximum absolute atomic E-state index is 11.6. The molecule has 1 aromatic carbocycles. The largest absolute Gasteiger partial charge is 0.468 e. The van der Waals surface area contributed by atoms with Crippen LogP contribution in [0.15, 0.2) is 41.3 Å². The van der Waals surface area contributed by atoms with E-state index < -0.39 is 0 Å². The third-order valence-corrected chi connectivity index (χ3v) is 2.57. The molecule has 0 aliphatic heterocycles. The van der Waals surface area contributed by atoms with E-state index in [0.717, 1.165) is 0 Å². The zero-order valence-electron chi connectivity index (χ0n) is 11.3. The van der Waals surface area contributed by atoms with E-state index in [0.29, 0.717) is 10.8 Å². The molecule has 2 rings (SSSR count). The van der Waals surface area contributed by atoms with Crippen LogP contribution in [0.2, 0.25) is 0 Å². The summed E-state index contributed by atoms with van der Waals surface area (Å²) in [4.78, 5) is 24.9. The molecule has 6 heteroatoms. The number of fused-ring (bicyclic) bond motifs is 1. The summed E-state index contributed by atoms with van der Waals surface area (Å²) in [5, 5.41) is 7.24. The number of H-pyrrole nitrogens is 1. The number of carbonyl (C=O) groups excluding carboxylic acids is 1. The van der Waals surface area contributed by atoms with Gasteiger partial charge in [0, 0.05) is 26.4 Å². The van der Waals surface area contributed by atoms with Crippen molar-refractivity contribution in [2.75, 3.05) is 20.7 Å². The smallest absolute Gasteiger partial charge is 0.272 e. The van der Waals surface area contributed by atoms with Crippen molar-refractivity contribution in [1.29, 1.82) is 0 Å². The van der Waals surface area contributed by atoms with Gasteiger partial charge in [0.2, 0.25) is 5.88 Å². The second-order valence-electron chi connectivity index (χ2n) is 4.44. The first kappa shape index (κ1) is 13.8. The number of hydrogen-bond acceptors (Lipinski definition) is 5. The Hall–Kier alpha value is -2.63. The molecule has 20 heavy (non-hydrogen) atoms. The molecular formula is C14H15N3O3. The summed E-state index contributed by atoms with van der Waals surface area (Å²) in [6.45, 7) is -0.132. The summed E-state index contributed by atoms with van der Waals surface area (Å²) in [6, 6.07) is 6.94. The third kappa shape index (κ3) is 3.23. The Labute approximate surface area is 115 Å². The number of carbonyl (C=O) groups is 1. The number of benzene rings is 1. The van der Waals surface area contributed by atoms with Gasteiger partial charge in [-0.1, -0.05) is 12.1 Å². The second-order valence-corrected chi connectivity index (χ2v) is 4.44. The predicted octanol–water partition coefficient (Wildman–Crippen LogP) is 0.946. The number of ether oxygens (including phenoxy) is 1. The van der Waals surface area contributed by atoms with Crippen LogP contribution in [0.3, 0.4) is 0 Å². The van der Waals surface area contributed by atoms with Crippen LogP contribution in [0.1, 0.15) is 0 Å². The Morgan fingerprint density at radius 3 is 2.75 bits per heavy atom. The Kier molecular flexibility index (Phi) is 4.14. The summed E-state index contributed by atoms with van der Waals surface area (Å²) in [5.74, 6) is 0.0579. The van der Waals surface area contributed by atoms with E-state index in [1.165, 1.54) is 6.08 Å². The van der Waals surface area contributed by atoms with Gasteiger partial charge < -0.3 is 9.64 Å². The normalized spacial score (nSPS) is 10.9. The fourth-order valence-electron chi connectivity index (χ4n) is 1.62. The van der Waals surface area contributed by atoms with E-state index in [4.69, 9.17) is 4.74 Å². The molecule has 0 saturated carbocycles. The molecule has 1 aromatic heterocycles. The van der Waals surface area contributed by atoms with Gasteiger partial charge in [-0.25, -0.2) is 5.10 Å². The first-order chi connectivity index (χ1) is 9.58. The Morgan fingerprint density at radius 2 is 2.05 bits per heavy atom. The molecule has 1 N–H and O–H groups in total. The van der Waals surface area contributed by atoms with Gasteiger partial charge in [-0.15, -0.1) is 5.10 Å². The number of nitrogens with zero attached hydrogens (tertiary/aromatic N) is 2. The number of hydrogen-bond donors (Lipinski definition) is 1. The van der Waals surface area contributed by atoms with Gasteiger partial charge in [0.15, 0.2) is 12.4 Å².